The molecule has 0 atom stereocenters. The third-order valence-corrected chi connectivity index (χ3v) is 3.25. The van der Waals surface area contributed by atoms with Crippen LogP contribution in [0.25, 0.3) is 5.65 Å². The van der Waals surface area contributed by atoms with Gasteiger partial charge in [0.15, 0.2) is 0 Å². The van der Waals surface area contributed by atoms with E-state index in [0.29, 0.717) is 12.2 Å². The van der Waals surface area contributed by atoms with Crippen LogP contribution in [0.1, 0.15) is 39.3 Å². The van der Waals surface area contributed by atoms with Crippen LogP contribution in [0.15, 0.2) is 35.3 Å². The summed E-state index contributed by atoms with van der Waals surface area (Å²) in [6, 6.07) is 7.17. The van der Waals surface area contributed by atoms with Crippen LogP contribution in [0.2, 0.25) is 0 Å². The van der Waals surface area contributed by atoms with Gasteiger partial charge in [-0.25, -0.2) is 4.98 Å². The number of aromatic nitrogens is 2. The number of hydrogen-bond acceptors (Lipinski definition) is 3. The van der Waals surface area contributed by atoms with Crippen LogP contribution < -0.4 is 10.9 Å². The van der Waals surface area contributed by atoms with Crippen molar-refractivity contribution < 1.29 is 0 Å². The fraction of sp³-hybridized carbons (Fsp3) is 0.467. The van der Waals surface area contributed by atoms with Crippen molar-refractivity contribution in [2.75, 3.05) is 0 Å². The van der Waals surface area contributed by atoms with E-state index in [1.54, 1.807) is 16.7 Å². The van der Waals surface area contributed by atoms with Gasteiger partial charge in [0.1, 0.15) is 5.65 Å². The molecule has 0 saturated heterocycles. The highest BCUT2D eigenvalue weighted by molar-refractivity contribution is 5.37. The summed E-state index contributed by atoms with van der Waals surface area (Å²) in [7, 11) is 0. The largest absolute Gasteiger partial charge is 0.306 e. The van der Waals surface area contributed by atoms with Gasteiger partial charge in [-0.1, -0.05) is 19.4 Å². The van der Waals surface area contributed by atoms with Crippen LogP contribution in [0.5, 0.6) is 0 Å². The van der Waals surface area contributed by atoms with Crippen LogP contribution in [0.4, 0.5) is 0 Å². The normalized spacial score (nSPS) is 11.9. The summed E-state index contributed by atoms with van der Waals surface area (Å²) < 4.78 is 1.56. The highest BCUT2D eigenvalue weighted by Crippen LogP contribution is 2.11. The molecule has 0 fully saturated rings. The Morgan fingerprint density at radius 1 is 1.37 bits per heavy atom. The zero-order valence-electron chi connectivity index (χ0n) is 11.8. The molecule has 0 aliphatic heterocycles. The summed E-state index contributed by atoms with van der Waals surface area (Å²) in [5, 5.41) is 3.46. The van der Waals surface area contributed by atoms with E-state index in [0.717, 1.165) is 18.5 Å². The van der Waals surface area contributed by atoms with Gasteiger partial charge in [0, 0.05) is 24.3 Å². The summed E-state index contributed by atoms with van der Waals surface area (Å²) in [5.41, 5.74) is 1.52. The first kappa shape index (κ1) is 13.7. The molecule has 4 heteroatoms. The molecule has 4 nitrogen and oxygen atoms in total. The lowest BCUT2D eigenvalue weighted by Crippen LogP contribution is -2.38. The van der Waals surface area contributed by atoms with E-state index in [-0.39, 0.29) is 11.1 Å². The maximum Gasteiger partial charge on any atom is 0.258 e. The predicted molar refractivity (Wildman–Crippen MR) is 77.3 cm³/mol. The lowest BCUT2D eigenvalue weighted by atomic mass is 9.99. The molecule has 0 radical (unpaired) electrons. The molecular formula is C15H21N3O. The molecule has 0 aliphatic carbocycles. The molecule has 102 valence electrons. The molecule has 0 spiro atoms. The molecule has 0 amide bonds. The third kappa shape index (κ3) is 3.41. The van der Waals surface area contributed by atoms with Gasteiger partial charge in [-0.3, -0.25) is 9.20 Å². The Morgan fingerprint density at radius 3 is 2.89 bits per heavy atom. The Kier molecular flexibility index (Phi) is 4.00. The average Bonchev–Trinajstić information content (AvgIpc) is 2.37. The van der Waals surface area contributed by atoms with Gasteiger partial charge in [-0.05, 0) is 32.4 Å². The first-order valence-electron chi connectivity index (χ1n) is 6.74. The molecule has 2 rings (SSSR count). The molecule has 2 heterocycles. The van der Waals surface area contributed by atoms with Crippen molar-refractivity contribution in [1.82, 2.24) is 14.7 Å². The van der Waals surface area contributed by atoms with Gasteiger partial charge in [0.05, 0.1) is 5.69 Å². The summed E-state index contributed by atoms with van der Waals surface area (Å²) in [6.45, 7) is 7.13. The summed E-state index contributed by atoms with van der Waals surface area (Å²) in [4.78, 5) is 16.4. The van der Waals surface area contributed by atoms with Crippen molar-refractivity contribution in [3.63, 3.8) is 0 Å². The summed E-state index contributed by atoms with van der Waals surface area (Å²) in [5.74, 6) is 0. The minimum Gasteiger partial charge on any atom is -0.306 e. The number of pyridine rings is 1. The Labute approximate surface area is 113 Å². The molecule has 0 aliphatic rings. The van der Waals surface area contributed by atoms with E-state index in [2.05, 4.69) is 31.1 Å². The zero-order valence-corrected chi connectivity index (χ0v) is 11.8. The predicted octanol–water partition coefficient (Wildman–Crippen LogP) is 2.36. The van der Waals surface area contributed by atoms with Gasteiger partial charge in [0.2, 0.25) is 0 Å². The van der Waals surface area contributed by atoms with Crippen molar-refractivity contribution in [2.24, 2.45) is 0 Å². The second-order valence-electron chi connectivity index (χ2n) is 5.50. The number of rotatable bonds is 5. The quantitative estimate of drug-likeness (QED) is 0.896. The Morgan fingerprint density at radius 2 is 2.16 bits per heavy atom. The molecule has 0 unspecified atom stereocenters. The molecule has 0 saturated carbocycles. The SMILES string of the molecule is CCCC(C)(C)NCc1cc(=O)n2ccccc2n1. The second kappa shape index (κ2) is 5.53. The van der Waals surface area contributed by atoms with E-state index >= 15 is 0 Å². The highest BCUT2D eigenvalue weighted by Gasteiger charge is 2.15. The van der Waals surface area contributed by atoms with Crippen molar-refractivity contribution in [1.29, 1.82) is 0 Å². The molecule has 19 heavy (non-hydrogen) atoms. The number of hydrogen-bond donors (Lipinski definition) is 1. The molecule has 0 aromatic carbocycles. The van der Waals surface area contributed by atoms with E-state index in [1.165, 1.54) is 0 Å². The van der Waals surface area contributed by atoms with Crippen molar-refractivity contribution in [3.8, 4) is 0 Å². The second-order valence-corrected chi connectivity index (χ2v) is 5.50. The lowest BCUT2D eigenvalue weighted by molar-refractivity contribution is 0.355. The minimum absolute atomic E-state index is 0.0318. The van der Waals surface area contributed by atoms with Crippen molar-refractivity contribution >= 4 is 5.65 Å². The van der Waals surface area contributed by atoms with Gasteiger partial charge >= 0.3 is 0 Å². The fourth-order valence-electron chi connectivity index (χ4n) is 2.24. The Bertz CT molecular complexity index is 616. The summed E-state index contributed by atoms with van der Waals surface area (Å²) >= 11 is 0. The van der Waals surface area contributed by atoms with Gasteiger partial charge in [0.25, 0.3) is 5.56 Å². The first-order chi connectivity index (χ1) is 9.02. The van der Waals surface area contributed by atoms with Crippen LogP contribution in [0, 0.1) is 0 Å². The van der Waals surface area contributed by atoms with E-state index < -0.39 is 0 Å². The standard InChI is InChI=1S/C15H21N3O/c1-4-8-15(2,3)16-11-12-10-14(19)18-9-6-5-7-13(18)17-12/h5-7,9-10,16H,4,8,11H2,1-3H3. The Hall–Kier alpha value is -1.68. The average molecular weight is 259 g/mol. The summed E-state index contributed by atoms with van der Waals surface area (Å²) in [6.07, 6.45) is 3.97. The van der Waals surface area contributed by atoms with Crippen LogP contribution in [-0.2, 0) is 6.54 Å². The number of fused-ring (bicyclic) bond motifs is 1. The van der Waals surface area contributed by atoms with Crippen LogP contribution in [-0.4, -0.2) is 14.9 Å². The maximum atomic E-state index is 11.9. The molecule has 1 N–H and O–H groups in total. The molecule has 0 bridgehead atoms. The van der Waals surface area contributed by atoms with E-state index in [4.69, 9.17) is 0 Å². The smallest absolute Gasteiger partial charge is 0.258 e. The third-order valence-electron chi connectivity index (χ3n) is 3.25. The number of nitrogens with zero attached hydrogens (tertiary/aromatic N) is 2. The van der Waals surface area contributed by atoms with Crippen molar-refractivity contribution in [3.05, 3.63) is 46.5 Å². The van der Waals surface area contributed by atoms with Crippen molar-refractivity contribution in [2.45, 2.75) is 45.7 Å². The fourth-order valence-corrected chi connectivity index (χ4v) is 2.24. The van der Waals surface area contributed by atoms with E-state index in [9.17, 15) is 4.79 Å². The monoisotopic (exact) mass is 259 g/mol. The van der Waals surface area contributed by atoms with Gasteiger partial charge in [-0.2, -0.15) is 0 Å². The van der Waals surface area contributed by atoms with Gasteiger partial charge < -0.3 is 5.32 Å². The molecule has 2 aromatic heterocycles. The first-order valence-corrected chi connectivity index (χ1v) is 6.74. The topological polar surface area (TPSA) is 46.4 Å². The van der Waals surface area contributed by atoms with Gasteiger partial charge in [-0.15, -0.1) is 0 Å². The lowest BCUT2D eigenvalue weighted by Gasteiger charge is -2.25. The maximum absolute atomic E-state index is 11.9. The Balaban J connectivity index is 2.20. The number of nitrogens with one attached hydrogen (secondary N) is 1. The molecule has 2 aromatic rings. The minimum atomic E-state index is -0.0318. The van der Waals surface area contributed by atoms with E-state index in [1.807, 2.05) is 18.2 Å². The van der Waals surface area contributed by atoms with Crippen LogP contribution in [0.3, 0.4) is 0 Å². The highest BCUT2D eigenvalue weighted by atomic mass is 16.1. The zero-order chi connectivity index (χ0) is 13.9. The van der Waals surface area contributed by atoms with Crippen LogP contribution >= 0.6 is 0 Å². The molecular weight excluding hydrogens is 238 g/mol.